The van der Waals surface area contributed by atoms with Gasteiger partial charge >= 0.3 is 0 Å². The molecule has 0 fully saturated rings. The number of carbonyl (C=O) groups is 1. The van der Waals surface area contributed by atoms with Crippen molar-refractivity contribution in [1.82, 2.24) is 15.2 Å². The zero-order valence-electron chi connectivity index (χ0n) is 9.88. The molecule has 0 unspecified atom stereocenters. The predicted molar refractivity (Wildman–Crippen MR) is 77.4 cm³/mol. The number of aromatic nitrogens is 3. The van der Waals surface area contributed by atoms with Gasteiger partial charge in [0, 0.05) is 22.1 Å². The number of amides is 1. The topological polar surface area (TPSA) is 87.7 Å². The van der Waals surface area contributed by atoms with Crippen molar-refractivity contribution in [2.24, 2.45) is 0 Å². The quantitative estimate of drug-likeness (QED) is 0.760. The van der Waals surface area contributed by atoms with Gasteiger partial charge in [0.15, 0.2) is 0 Å². The lowest BCUT2D eigenvalue weighted by molar-refractivity contribution is 0.102. The van der Waals surface area contributed by atoms with Crippen molar-refractivity contribution in [3.8, 4) is 0 Å². The van der Waals surface area contributed by atoms with Crippen LogP contribution in [0.1, 0.15) is 10.4 Å². The first-order valence-electron chi connectivity index (χ1n) is 5.53. The van der Waals surface area contributed by atoms with E-state index in [-0.39, 0.29) is 11.0 Å². The van der Waals surface area contributed by atoms with Crippen LogP contribution in [0.3, 0.4) is 0 Å². The molecule has 0 saturated carbocycles. The standard InChI is InChI=1S/C12H7ClN4O2S/c13-6-1-2-9-7(3-6)10(18)8(4-14-9)11(19)16-12-17-15-5-20-12/h1-5H,(H,14,18)(H,16,17,19). The number of H-pyrrole nitrogens is 1. The second-order valence-electron chi connectivity index (χ2n) is 3.92. The summed E-state index contributed by atoms with van der Waals surface area (Å²) in [6.45, 7) is 0. The SMILES string of the molecule is O=C(Nc1nncs1)c1c[nH]c2ccc(Cl)cc2c1=O. The summed E-state index contributed by atoms with van der Waals surface area (Å²) >= 11 is 7.04. The van der Waals surface area contributed by atoms with Gasteiger partial charge in [-0.15, -0.1) is 10.2 Å². The first-order valence-corrected chi connectivity index (χ1v) is 6.79. The van der Waals surface area contributed by atoms with Gasteiger partial charge in [0.25, 0.3) is 5.91 Å². The number of halogens is 1. The molecule has 2 N–H and O–H groups in total. The molecule has 8 heteroatoms. The van der Waals surface area contributed by atoms with Gasteiger partial charge in [-0.1, -0.05) is 22.9 Å². The van der Waals surface area contributed by atoms with Crippen LogP contribution in [0, 0.1) is 0 Å². The molecule has 100 valence electrons. The van der Waals surface area contributed by atoms with Crippen molar-refractivity contribution in [1.29, 1.82) is 0 Å². The lowest BCUT2D eigenvalue weighted by atomic mass is 10.1. The Morgan fingerprint density at radius 3 is 3.00 bits per heavy atom. The Morgan fingerprint density at radius 2 is 2.25 bits per heavy atom. The second-order valence-corrected chi connectivity index (χ2v) is 5.19. The van der Waals surface area contributed by atoms with E-state index in [1.165, 1.54) is 29.1 Å². The van der Waals surface area contributed by atoms with E-state index in [1.54, 1.807) is 12.1 Å². The first kappa shape index (κ1) is 12.8. The number of rotatable bonds is 2. The fourth-order valence-electron chi connectivity index (χ4n) is 1.75. The van der Waals surface area contributed by atoms with Crippen LogP contribution in [0.5, 0.6) is 0 Å². The molecule has 3 rings (SSSR count). The van der Waals surface area contributed by atoms with Crippen LogP contribution in [-0.4, -0.2) is 21.1 Å². The van der Waals surface area contributed by atoms with Gasteiger partial charge in [0.05, 0.1) is 0 Å². The highest BCUT2D eigenvalue weighted by Crippen LogP contribution is 2.15. The maximum atomic E-state index is 12.3. The highest BCUT2D eigenvalue weighted by atomic mass is 35.5. The minimum absolute atomic E-state index is 0.00466. The fraction of sp³-hybridized carbons (Fsp3) is 0. The normalized spacial score (nSPS) is 10.7. The Labute approximate surface area is 121 Å². The third-order valence-corrected chi connectivity index (χ3v) is 3.51. The molecule has 2 aromatic heterocycles. The molecule has 20 heavy (non-hydrogen) atoms. The molecule has 0 saturated heterocycles. The van der Waals surface area contributed by atoms with Crippen molar-refractivity contribution >= 4 is 44.9 Å². The molecule has 0 radical (unpaired) electrons. The summed E-state index contributed by atoms with van der Waals surface area (Å²) in [6, 6.07) is 4.88. The number of fused-ring (bicyclic) bond motifs is 1. The van der Waals surface area contributed by atoms with Crippen LogP contribution in [0.25, 0.3) is 10.9 Å². The summed E-state index contributed by atoms with van der Waals surface area (Å²) in [7, 11) is 0. The summed E-state index contributed by atoms with van der Waals surface area (Å²) in [5.41, 5.74) is 1.71. The predicted octanol–water partition coefficient (Wildman–Crippen LogP) is 2.29. The monoisotopic (exact) mass is 306 g/mol. The van der Waals surface area contributed by atoms with Crippen molar-refractivity contribution in [2.75, 3.05) is 5.32 Å². The molecule has 0 aliphatic heterocycles. The minimum atomic E-state index is -0.537. The van der Waals surface area contributed by atoms with Crippen LogP contribution < -0.4 is 10.7 Å². The zero-order chi connectivity index (χ0) is 14.1. The minimum Gasteiger partial charge on any atom is -0.360 e. The van der Waals surface area contributed by atoms with E-state index in [2.05, 4.69) is 20.5 Å². The molecule has 0 aliphatic rings. The number of nitrogens with zero attached hydrogens (tertiary/aromatic N) is 2. The lowest BCUT2D eigenvalue weighted by Gasteiger charge is -2.03. The number of carbonyl (C=O) groups excluding carboxylic acids is 1. The van der Waals surface area contributed by atoms with Crippen molar-refractivity contribution in [3.63, 3.8) is 0 Å². The summed E-state index contributed by atoms with van der Waals surface area (Å²) in [5, 5.41) is 10.9. The van der Waals surface area contributed by atoms with E-state index in [4.69, 9.17) is 11.6 Å². The van der Waals surface area contributed by atoms with Crippen LogP contribution in [0.2, 0.25) is 5.02 Å². The zero-order valence-corrected chi connectivity index (χ0v) is 11.5. The highest BCUT2D eigenvalue weighted by molar-refractivity contribution is 7.13. The van der Waals surface area contributed by atoms with Gasteiger partial charge in [-0.3, -0.25) is 14.9 Å². The Morgan fingerprint density at radius 1 is 1.40 bits per heavy atom. The number of aromatic amines is 1. The summed E-state index contributed by atoms with van der Waals surface area (Å²) < 4.78 is 0. The number of hydrogen-bond acceptors (Lipinski definition) is 5. The van der Waals surface area contributed by atoms with Gasteiger partial charge in [0.1, 0.15) is 11.1 Å². The largest absolute Gasteiger partial charge is 0.360 e. The molecular formula is C12H7ClN4O2S. The molecule has 0 spiro atoms. The summed E-state index contributed by atoms with van der Waals surface area (Å²) in [4.78, 5) is 27.2. The molecule has 2 heterocycles. The van der Waals surface area contributed by atoms with Gasteiger partial charge in [-0.2, -0.15) is 0 Å². The van der Waals surface area contributed by atoms with E-state index in [1.807, 2.05) is 0 Å². The van der Waals surface area contributed by atoms with Crippen LogP contribution >= 0.6 is 22.9 Å². The van der Waals surface area contributed by atoms with Gasteiger partial charge in [-0.25, -0.2) is 0 Å². The Balaban J connectivity index is 2.06. The third kappa shape index (κ3) is 2.28. The van der Waals surface area contributed by atoms with Crippen molar-refractivity contribution in [2.45, 2.75) is 0 Å². The Bertz CT molecular complexity index is 844. The van der Waals surface area contributed by atoms with E-state index in [9.17, 15) is 9.59 Å². The maximum Gasteiger partial charge on any atom is 0.262 e. The average molecular weight is 307 g/mol. The van der Waals surface area contributed by atoms with E-state index >= 15 is 0 Å². The van der Waals surface area contributed by atoms with Gasteiger partial charge in [0.2, 0.25) is 10.6 Å². The number of nitrogens with one attached hydrogen (secondary N) is 2. The number of hydrogen-bond donors (Lipinski definition) is 2. The lowest BCUT2D eigenvalue weighted by Crippen LogP contribution is -2.21. The molecular weight excluding hydrogens is 300 g/mol. The third-order valence-electron chi connectivity index (χ3n) is 2.67. The number of anilines is 1. The molecule has 3 aromatic rings. The Kier molecular flexibility index (Phi) is 3.21. The molecule has 0 bridgehead atoms. The summed E-state index contributed by atoms with van der Waals surface area (Å²) in [6.07, 6.45) is 1.37. The smallest absolute Gasteiger partial charge is 0.262 e. The van der Waals surface area contributed by atoms with Crippen molar-refractivity contribution < 1.29 is 4.79 Å². The van der Waals surface area contributed by atoms with E-state index in [0.29, 0.717) is 21.1 Å². The van der Waals surface area contributed by atoms with Crippen LogP contribution in [-0.2, 0) is 0 Å². The Hall–Kier alpha value is -2.25. The average Bonchev–Trinajstić information content (AvgIpc) is 2.92. The highest BCUT2D eigenvalue weighted by Gasteiger charge is 2.14. The molecule has 1 aromatic carbocycles. The van der Waals surface area contributed by atoms with Gasteiger partial charge < -0.3 is 4.98 Å². The van der Waals surface area contributed by atoms with Crippen LogP contribution in [0.4, 0.5) is 5.13 Å². The van der Waals surface area contributed by atoms with E-state index < -0.39 is 5.91 Å². The van der Waals surface area contributed by atoms with Crippen molar-refractivity contribution in [3.05, 3.63) is 50.7 Å². The van der Waals surface area contributed by atoms with E-state index in [0.717, 1.165) is 0 Å². The second kappa shape index (κ2) is 5.03. The van der Waals surface area contributed by atoms with Gasteiger partial charge in [-0.05, 0) is 18.2 Å². The molecule has 0 aliphatic carbocycles. The number of pyridine rings is 1. The maximum absolute atomic E-state index is 12.3. The van der Waals surface area contributed by atoms with Crippen LogP contribution in [0.15, 0.2) is 34.7 Å². The first-order chi connectivity index (χ1) is 9.65. The fourth-order valence-corrected chi connectivity index (χ4v) is 2.36. The molecule has 6 nitrogen and oxygen atoms in total. The molecule has 1 amide bonds. The molecule has 0 atom stereocenters. The summed E-state index contributed by atoms with van der Waals surface area (Å²) in [5.74, 6) is -0.537. The number of benzene rings is 1.